The molecule has 3 N–H and O–H groups in total. The van der Waals surface area contributed by atoms with Crippen molar-refractivity contribution < 1.29 is 39.1 Å². The average molecular weight is 544 g/mol. The van der Waals surface area contributed by atoms with Gasteiger partial charge in [-0.1, -0.05) is 32.0 Å². The molecule has 1 aliphatic heterocycles. The van der Waals surface area contributed by atoms with Gasteiger partial charge in [-0.15, -0.1) is 0 Å². The molecule has 5 rings (SSSR count). The summed E-state index contributed by atoms with van der Waals surface area (Å²) < 4.78 is 24.9. The van der Waals surface area contributed by atoms with Gasteiger partial charge in [-0.2, -0.15) is 0 Å². The van der Waals surface area contributed by atoms with Crippen molar-refractivity contribution in [3.63, 3.8) is 0 Å². The number of carbonyl (C=O) groups is 1. The predicted molar refractivity (Wildman–Crippen MR) is 143 cm³/mol. The monoisotopic (exact) mass is 543 g/mol. The average Bonchev–Trinajstić information content (AvgIpc) is 3.38. The summed E-state index contributed by atoms with van der Waals surface area (Å²) in [7, 11) is 6.29. The van der Waals surface area contributed by atoms with E-state index in [9.17, 15) is 20.1 Å². The molecule has 0 unspecified atom stereocenters. The summed E-state index contributed by atoms with van der Waals surface area (Å²) in [5.74, 6) is -5.80. The molecule has 1 heterocycles. The van der Waals surface area contributed by atoms with Gasteiger partial charge in [0.1, 0.15) is 11.5 Å². The van der Waals surface area contributed by atoms with Gasteiger partial charge in [-0.25, -0.2) is 0 Å². The molecule has 3 aliphatic carbocycles. The molecule has 4 aliphatic rings. The molecule has 1 saturated heterocycles. The number of benzene rings is 1. The van der Waals surface area contributed by atoms with Crippen LogP contribution in [0.25, 0.3) is 0 Å². The number of hydrogen-bond donors (Lipinski definition) is 3. The number of aliphatic hydroxyl groups is 3. The van der Waals surface area contributed by atoms with E-state index in [1.165, 1.54) is 21.1 Å². The Balaban J connectivity index is 1.94. The zero-order valence-electron chi connectivity index (χ0n) is 24.1. The van der Waals surface area contributed by atoms with Crippen molar-refractivity contribution >= 4 is 5.78 Å². The molecule has 0 amide bonds. The number of aryl methyl sites for hydroxylation is 1. The number of nitrogens with zero attached hydrogens (tertiary/aromatic N) is 1. The Kier molecular flexibility index (Phi) is 6.81. The molecule has 6 atom stereocenters. The number of hydrogen-bond acceptors (Lipinski definition) is 9. The lowest BCUT2D eigenvalue weighted by molar-refractivity contribution is -0.288. The third-order valence-corrected chi connectivity index (χ3v) is 9.83. The van der Waals surface area contributed by atoms with E-state index in [1.807, 2.05) is 25.1 Å². The van der Waals surface area contributed by atoms with E-state index in [2.05, 4.69) is 6.92 Å². The molecule has 0 bridgehead atoms. The van der Waals surface area contributed by atoms with E-state index in [4.69, 9.17) is 18.9 Å². The lowest BCUT2D eigenvalue weighted by Gasteiger charge is -2.63. The number of ketones is 1. The number of rotatable bonds is 5. The first-order chi connectivity index (χ1) is 18.4. The summed E-state index contributed by atoms with van der Waals surface area (Å²) >= 11 is 0. The van der Waals surface area contributed by atoms with Crippen LogP contribution in [-0.4, -0.2) is 85.5 Å². The Labute approximate surface area is 230 Å². The Morgan fingerprint density at radius 2 is 1.77 bits per heavy atom. The highest BCUT2D eigenvalue weighted by molar-refractivity contribution is 5.96. The van der Waals surface area contributed by atoms with Crippen LogP contribution in [0.5, 0.6) is 0 Å². The van der Waals surface area contributed by atoms with Crippen molar-refractivity contribution in [3.05, 3.63) is 57.6 Å². The summed E-state index contributed by atoms with van der Waals surface area (Å²) in [6.45, 7) is 7.78. The SMILES string of the molecule is CCc1cccc2c1C1(OCCO1)C1=C(O)[C@@]3(C)[C@@H]([C@@H](O)[C@@H]1[C@H]2C)[C@H](N(C)C)C(O)=C(C(C)=O)C3(OC)OC. The number of likely N-dealkylation sites (N-methyl/N-ethyl adjacent to an activating group) is 1. The predicted octanol–water partition coefficient (Wildman–Crippen LogP) is 3.33. The maximum atomic E-state index is 13.1. The largest absolute Gasteiger partial charge is 0.511 e. The van der Waals surface area contributed by atoms with Gasteiger partial charge in [0, 0.05) is 37.2 Å². The van der Waals surface area contributed by atoms with Crippen molar-refractivity contribution in [1.82, 2.24) is 4.90 Å². The molecule has 39 heavy (non-hydrogen) atoms. The number of fused-ring (bicyclic) bond motifs is 5. The molecule has 1 spiro atoms. The molecule has 9 heteroatoms. The first-order valence-corrected chi connectivity index (χ1v) is 13.6. The van der Waals surface area contributed by atoms with Crippen LogP contribution in [-0.2, 0) is 35.9 Å². The fraction of sp³-hybridized carbons (Fsp3) is 0.633. The lowest BCUT2D eigenvalue weighted by atomic mass is 9.48. The van der Waals surface area contributed by atoms with Crippen LogP contribution in [0.4, 0.5) is 0 Å². The van der Waals surface area contributed by atoms with E-state index >= 15 is 0 Å². The summed E-state index contributed by atoms with van der Waals surface area (Å²) in [5.41, 5.74) is 1.69. The summed E-state index contributed by atoms with van der Waals surface area (Å²) in [6, 6.07) is 5.25. The first-order valence-electron chi connectivity index (χ1n) is 13.6. The minimum atomic E-state index is -1.91. The van der Waals surface area contributed by atoms with Crippen molar-refractivity contribution in [2.24, 2.45) is 17.3 Å². The number of aliphatic hydroxyl groups excluding tert-OH is 3. The number of ether oxygens (including phenoxy) is 4. The fourth-order valence-corrected chi connectivity index (χ4v) is 8.30. The number of methoxy groups -OCH3 is 2. The molecule has 1 aromatic carbocycles. The van der Waals surface area contributed by atoms with Crippen LogP contribution in [0, 0.1) is 17.3 Å². The summed E-state index contributed by atoms with van der Waals surface area (Å²) in [4.78, 5) is 14.9. The molecule has 0 aromatic heterocycles. The van der Waals surface area contributed by atoms with Gasteiger partial charge in [0.25, 0.3) is 0 Å². The Morgan fingerprint density at radius 3 is 2.28 bits per heavy atom. The smallest absolute Gasteiger partial charge is 0.222 e. The van der Waals surface area contributed by atoms with Crippen LogP contribution >= 0.6 is 0 Å². The third-order valence-electron chi connectivity index (χ3n) is 9.83. The number of carbonyl (C=O) groups excluding carboxylic acids is 1. The van der Waals surface area contributed by atoms with Crippen LogP contribution in [0.15, 0.2) is 40.9 Å². The fourth-order valence-electron chi connectivity index (χ4n) is 8.30. The van der Waals surface area contributed by atoms with Gasteiger partial charge in [-0.05, 0) is 51.4 Å². The van der Waals surface area contributed by atoms with E-state index in [0.717, 1.165) is 23.1 Å². The zero-order chi connectivity index (χ0) is 28.7. The zero-order valence-corrected chi connectivity index (χ0v) is 24.1. The van der Waals surface area contributed by atoms with Crippen LogP contribution in [0.3, 0.4) is 0 Å². The van der Waals surface area contributed by atoms with E-state index in [-0.39, 0.29) is 23.0 Å². The molecule has 1 fully saturated rings. The minimum absolute atomic E-state index is 0.0939. The van der Waals surface area contributed by atoms with Crippen molar-refractivity contribution in [2.45, 2.75) is 63.8 Å². The molecule has 9 nitrogen and oxygen atoms in total. The standard InChI is InChI=1S/C30H41NO8/c1-9-17-11-10-12-18-15(2)19-22(29(21(17)18)38-13-14-39-29)27(35)28(4)23(25(19)33)24(31(5)6)26(34)20(16(3)32)30(28,36-7)37-8/h10-12,15,19,23-25,33-35H,9,13-14H2,1-8H3/t15-,19+,23+,24-,25-,28+/m0/s1. The van der Waals surface area contributed by atoms with E-state index < -0.39 is 46.8 Å². The second-order valence-corrected chi connectivity index (χ2v) is 11.6. The van der Waals surface area contributed by atoms with E-state index in [1.54, 1.807) is 25.9 Å². The third kappa shape index (κ3) is 3.26. The second-order valence-electron chi connectivity index (χ2n) is 11.6. The quantitative estimate of drug-likeness (QED) is 0.481. The van der Waals surface area contributed by atoms with Gasteiger partial charge in [0.2, 0.25) is 11.6 Å². The Morgan fingerprint density at radius 1 is 1.15 bits per heavy atom. The Bertz CT molecular complexity index is 1240. The van der Waals surface area contributed by atoms with Gasteiger partial charge >= 0.3 is 0 Å². The molecular formula is C30H41NO8. The highest BCUT2D eigenvalue weighted by atomic mass is 16.7. The van der Waals surface area contributed by atoms with E-state index in [0.29, 0.717) is 18.8 Å². The molecule has 0 radical (unpaired) electrons. The van der Waals surface area contributed by atoms with Gasteiger partial charge < -0.3 is 34.3 Å². The topological polar surface area (TPSA) is 118 Å². The van der Waals surface area contributed by atoms with Gasteiger partial charge in [0.05, 0.1) is 36.3 Å². The normalized spacial score (nSPS) is 34.8. The summed E-state index contributed by atoms with van der Waals surface area (Å²) in [5, 5.41) is 36.6. The van der Waals surface area contributed by atoms with Crippen molar-refractivity contribution in [2.75, 3.05) is 41.5 Å². The molecule has 1 aromatic rings. The maximum Gasteiger partial charge on any atom is 0.222 e. The maximum absolute atomic E-state index is 13.1. The van der Waals surface area contributed by atoms with Gasteiger partial charge in [-0.3, -0.25) is 9.69 Å². The van der Waals surface area contributed by atoms with Crippen molar-refractivity contribution in [3.8, 4) is 0 Å². The lowest BCUT2D eigenvalue weighted by Crippen LogP contribution is -2.71. The molecular weight excluding hydrogens is 502 g/mol. The minimum Gasteiger partial charge on any atom is -0.511 e. The highest BCUT2D eigenvalue weighted by Crippen LogP contribution is 2.67. The van der Waals surface area contributed by atoms with Gasteiger partial charge in [0.15, 0.2) is 5.78 Å². The number of Topliss-reactive ketones (excluding diaryl/α,β-unsaturated/α-hetero) is 1. The highest BCUT2D eigenvalue weighted by Gasteiger charge is 2.74. The second kappa shape index (κ2) is 9.39. The summed E-state index contributed by atoms with van der Waals surface area (Å²) in [6.07, 6.45) is -0.383. The van der Waals surface area contributed by atoms with Crippen LogP contribution < -0.4 is 0 Å². The van der Waals surface area contributed by atoms with Crippen LogP contribution in [0.1, 0.15) is 50.3 Å². The molecule has 214 valence electrons. The molecule has 0 saturated carbocycles. The Hall–Kier alpha value is -2.27. The van der Waals surface area contributed by atoms with Crippen molar-refractivity contribution in [1.29, 1.82) is 0 Å². The first kappa shape index (κ1) is 28.3. The van der Waals surface area contributed by atoms with Crippen LogP contribution in [0.2, 0.25) is 0 Å².